The molecule has 4 rings (SSSR count). The minimum atomic E-state index is -0.942. The monoisotopic (exact) mass is 324 g/mol. The summed E-state index contributed by atoms with van der Waals surface area (Å²) in [6.45, 7) is 9.11. The van der Waals surface area contributed by atoms with Crippen LogP contribution in [-0.2, 0) is 9.57 Å². The van der Waals surface area contributed by atoms with Crippen LogP contribution in [0, 0.1) is 32.8 Å². The van der Waals surface area contributed by atoms with Crippen LogP contribution in [0.15, 0.2) is 0 Å². The van der Waals surface area contributed by atoms with E-state index in [0.29, 0.717) is 5.92 Å². The smallest absolute Gasteiger partial charge is 0.337 e. The van der Waals surface area contributed by atoms with Gasteiger partial charge in [-0.1, -0.05) is 40.5 Å². The second-order valence-corrected chi connectivity index (χ2v) is 8.67. The second kappa shape index (κ2) is 4.90. The number of hydrogen-bond acceptors (Lipinski definition) is 5. The van der Waals surface area contributed by atoms with Crippen molar-refractivity contribution >= 4 is 0 Å². The molecule has 2 aliphatic heterocycles. The molecule has 2 heterocycles. The molecule has 0 radical (unpaired) electrons. The normalized spacial score (nSPS) is 50.3. The Morgan fingerprint density at radius 2 is 2.09 bits per heavy atom. The van der Waals surface area contributed by atoms with Gasteiger partial charge >= 0.3 is 6.23 Å². The first-order valence-corrected chi connectivity index (χ1v) is 9.07. The van der Waals surface area contributed by atoms with Crippen LogP contribution >= 0.6 is 0 Å². The zero-order valence-corrected chi connectivity index (χ0v) is 14.5. The molecular weight excluding hydrogens is 296 g/mol. The fourth-order valence-corrected chi connectivity index (χ4v) is 5.86. The van der Waals surface area contributed by atoms with Gasteiger partial charge < -0.3 is 4.74 Å². The van der Waals surface area contributed by atoms with Crippen molar-refractivity contribution in [3.05, 3.63) is 10.1 Å². The van der Waals surface area contributed by atoms with E-state index >= 15 is 0 Å². The number of fused-ring (bicyclic) bond motifs is 7. The Kier molecular flexibility index (Phi) is 3.36. The van der Waals surface area contributed by atoms with Crippen molar-refractivity contribution < 1.29 is 14.5 Å². The maximum absolute atomic E-state index is 11.4. The number of ether oxygens (including phenoxy) is 1. The second-order valence-electron chi connectivity index (χ2n) is 8.67. The molecule has 23 heavy (non-hydrogen) atoms. The third-order valence-electron chi connectivity index (χ3n) is 7.62. The number of nitro groups is 1. The Balaban J connectivity index is 1.63. The minimum Gasteiger partial charge on any atom is -0.355 e. The van der Waals surface area contributed by atoms with Gasteiger partial charge in [-0.05, 0) is 30.6 Å². The van der Waals surface area contributed by atoms with Crippen molar-refractivity contribution in [2.24, 2.45) is 22.7 Å². The lowest BCUT2D eigenvalue weighted by Crippen LogP contribution is -2.43. The number of hydroxylamine groups is 2. The molecular formula is C17H28N2O4. The lowest BCUT2D eigenvalue weighted by Gasteiger charge is -2.38. The zero-order valence-electron chi connectivity index (χ0n) is 14.5. The van der Waals surface area contributed by atoms with Crippen molar-refractivity contribution in [2.45, 2.75) is 84.4 Å². The highest BCUT2D eigenvalue weighted by Gasteiger charge is 2.74. The molecule has 2 aliphatic carbocycles. The number of rotatable bonds is 4. The predicted molar refractivity (Wildman–Crippen MR) is 83.8 cm³/mol. The van der Waals surface area contributed by atoms with Crippen LogP contribution in [0.2, 0.25) is 0 Å². The molecule has 4 fully saturated rings. The van der Waals surface area contributed by atoms with E-state index in [0.717, 1.165) is 19.3 Å². The van der Waals surface area contributed by atoms with Gasteiger partial charge in [0.2, 0.25) is 0 Å². The van der Waals surface area contributed by atoms with Gasteiger partial charge in [-0.25, -0.2) is 4.84 Å². The summed E-state index contributed by atoms with van der Waals surface area (Å²) in [5.41, 5.74) is 0.345. The van der Waals surface area contributed by atoms with Crippen molar-refractivity contribution in [1.82, 2.24) is 5.06 Å². The zero-order chi connectivity index (χ0) is 16.6. The van der Waals surface area contributed by atoms with Gasteiger partial charge in [0.05, 0.1) is 23.0 Å². The highest BCUT2D eigenvalue weighted by atomic mass is 16.8. The lowest BCUT2D eigenvalue weighted by atomic mass is 9.70. The molecule has 130 valence electrons. The van der Waals surface area contributed by atoms with Crippen molar-refractivity contribution in [2.75, 3.05) is 0 Å². The molecule has 6 nitrogen and oxygen atoms in total. The maximum Gasteiger partial charge on any atom is 0.337 e. The van der Waals surface area contributed by atoms with Gasteiger partial charge in [0.15, 0.2) is 0 Å². The molecule has 2 bridgehead atoms. The van der Waals surface area contributed by atoms with Gasteiger partial charge in [-0.2, -0.15) is 0 Å². The average Bonchev–Trinajstić information content (AvgIpc) is 3.12. The van der Waals surface area contributed by atoms with Crippen molar-refractivity contribution in [1.29, 1.82) is 0 Å². The number of unbranched alkanes of at least 4 members (excludes halogenated alkanes) is 1. The Morgan fingerprint density at radius 3 is 2.74 bits per heavy atom. The van der Waals surface area contributed by atoms with Gasteiger partial charge in [0.25, 0.3) is 0 Å². The van der Waals surface area contributed by atoms with Gasteiger partial charge in [0, 0.05) is 5.41 Å². The lowest BCUT2D eigenvalue weighted by molar-refractivity contribution is -0.593. The van der Waals surface area contributed by atoms with E-state index in [9.17, 15) is 10.1 Å². The first-order valence-electron chi connectivity index (χ1n) is 9.07. The highest BCUT2D eigenvalue weighted by molar-refractivity contribution is 5.20. The third-order valence-corrected chi connectivity index (χ3v) is 7.62. The first-order chi connectivity index (χ1) is 10.8. The summed E-state index contributed by atoms with van der Waals surface area (Å²) in [7, 11) is 0. The molecule has 0 aromatic rings. The highest BCUT2D eigenvalue weighted by Crippen LogP contribution is 2.70. The first kappa shape index (κ1) is 15.8. The Morgan fingerprint density at radius 1 is 1.35 bits per heavy atom. The Bertz CT molecular complexity index is 525. The molecule has 6 heteroatoms. The molecule has 2 saturated heterocycles. The molecule has 4 aliphatic rings. The average molecular weight is 324 g/mol. The van der Waals surface area contributed by atoms with E-state index in [1.165, 1.54) is 12.8 Å². The van der Waals surface area contributed by atoms with Gasteiger partial charge in [-0.3, -0.25) is 10.1 Å². The van der Waals surface area contributed by atoms with Crippen LogP contribution in [0.25, 0.3) is 0 Å². The Labute approximate surface area is 137 Å². The van der Waals surface area contributed by atoms with Crippen LogP contribution in [-0.4, -0.2) is 34.6 Å². The van der Waals surface area contributed by atoms with Crippen LogP contribution < -0.4 is 0 Å². The van der Waals surface area contributed by atoms with Gasteiger partial charge in [0.1, 0.15) is 6.23 Å². The third kappa shape index (κ3) is 1.80. The number of hydrogen-bond donors (Lipinski definition) is 0. The van der Waals surface area contributed by atoms with Crippen molar-refractivity contribution in [3.63, 3.8) is 0 Å². The topological polar surface area (TPSA) is 64.8 Å². The largest absolute Gasteiger partial charge is 0.355 e. The molecule has 7 atom stereocenters. The number of nitrogens with zero attached hydrogens (tertiary/aromatic N) is 2. The summed E-state index contributed by atoms with van der Waals surface area (Å²) in [6, 6.07) is 0.183. The Hall–Kier alpha value is -0.720. The van der Waals surface area contributed by atoms with Crippen molar-refractivity contribution in [3.8, 4) is 0 Å². The molecule has 0 N–H and O–H groups in total. The van der Waals surface area contributed by atoms with E-state index in [2.05, 4.69) is 27.7 Å². The predicted octanol–water partition coefficient (Wildman–Crippen LogP) is 3.19. The summed E-state index contributed by atoms with van der Waals surface area (Å²) >= 11 is 0. The fourth-order valence-electron chi connectivity index (χ4n) is 5.86. The van der Waals surface area contributed by atoms with Crippen LogP contribution in [0.3, 0.4) is 0 Å². The van der Waals surface area contributed by atoms with E-state index in [4.69, 9.17) is 9.57 Å². The summed E-state index contributed by atoms with van der Waals surface area (Å²) in [5.74, 6) is 0.349. The summed E-state index contributed by atoms with van der Waals surface area (Å²) in [5, 5.41) is 13.3. The molecule has 2 saturated carbocycles. The fraction of sp³-hybridized carbons (Fsp3) is 1.00. The summed E-state index contributed by atoms with van der Waals surface area (Å²) in [4.78, 5) is 17.1. The van der Waals surface area contributed by atoms with E-state index < -0.39 is 6.23 Å². The van der Waals surface area contributed by atoms with E-state index in [1.54, 1.807) is 0 Å². The van der Waals surface area contributed by atoms with E-state index in [1.807, 2.05) is 5.06 Å². The van der Waals surface area contributed by atoms with E-state index in [-0.39, 0.29) is 40.0 Å². The van der Waals surface area contributed by atoms with Crippen LogP contribution in [0.4, 0.5) is 0 Å². The molecule has 0 unspecified atom stereocenters. The van der Waals surface area contributed by atoms with Crippen LogP contribution in [0.5, 0.6) is 0 Å². The SMILES string of the molecule is CCCC[C@H]1[C@@H]2O[C@@H]3[C@@H]([C@H]4CC[C@]3(C)C4(C)C)N2O[C@@H]1[N+](=O)[O-]. The quantitative estimate of drug-likeness (QED) is 0.587. The minimum absolute atomic E-state index is 0.148. The molecule has 0 amide bonds. The van der Waals surface area contributed by atoms with Crippen LogP contribution in [0.1, 0.15) is 59.8 Å². The molecule has 0 spiro atoms. The molecule has 0 aromatic carbocycles. The van der Waals surface area contributed by atoms with Gasteiger partial charge in [-0.15, -0.1) is 5.06 Å². The summed E-state index contributed by atoms with van der Waals surface area (Å²) < 4.78 is 6.47. The molecule has 0 aromatic heterocycles. The maximum atomic E-state index is 11.4. The standard InChI is InChI=1S/C17H28N2O4/c1-5-6-7-10-14-18(23-15(10)19(20)21)12-11-8-9-17(4,13(12)22-14)16(11,2)3/h10-15H,5-9H2,1-4H3/t10-,11+,12+,13+,14-,15-,17-/m0/s1. The summed E-state index contributed by atoms with van der Waals surface area (Å²) in [6.07, 6.45) is 4.15.